The summed E-state index contributed by atoms with van der Waals surface area (Å²) < 4.78 is 5.02. The van der Waals surface area contributed by atoms with E-state index in [4.69, 9.17) is 16.3 Å². The molecule has 0 unspecified atom stereocenters. The summed E-state index contributed by atoms with van der Waals surface area (Å²) in [7, 11) is 0. The Bertz CT molecular complexity index is 708. The van der Waals surface area contributed by atoms with Gasteiger partial charge in [0.15, 0.2) is 6.61 Å². The first-order valence-corrected chi connectivity index (χ1v) is 8.69. The van der Waals surface area contributed by atoms with Crippen molar-refractivity contribution in [3.05, 3.63) is 33.3 Å². The van der Waals surface area contributed by atoms with Gasteiger partial charge in [0.2, 0.25) is 0 Å². The molecular formula is C17H19ClN2O5. The Kier molecular flexibility index (Phi) is 5.22. The molecule has 8 heteroatoms. The van der Waals surface area contributed by atoms with Crippen molar-refractivity contribution in [2.75, 3.05) is 11.9 Å². The van der Waals surface area contributed by atoms with Gasteiger partial charge in [-0.15, -0.1) is 0 Å². The number of nitrogens with one attached hydrogen (secondary N) is 1. The van der Waals surface area contributed by atoms with Crippen molar-refractivity contribution in [2.24, 2.45) is 17.8 Å². The van der Waals surface area contributed by atoms with Gasteiger partial charge in [-0.25, -0.2) is 0 Å². The molecular weight excluding hydrogens is 348 g/mol. The number of halogens is 1. The van der Waals surface area contributed by atoms with Gasteiger partial charge in [0.1, 0.15) is 5.69 Å². The number of ether oxygens (including phenoxy) is 1. The number of nitrogens with zero attached hydrogens (tertiary/aromatic N) is 1. The lowest BCUT2D eigenvalue weighted by molar-refractivity contribution is -0.383. The van der Waals surface area contributed by atoms with E-state index in [0.29, 0.717) is 18.3 Å². The average Bonchev–Trinajstić information content (AvgIpc) is 3.17. The molecule has 2 bridgehead atoms. The lowest BCUT2D eigenvalue weighted by atomic mass is 9.86. The Morgan fingerprint density at radius 3 is 2.76 bits per heavy atom. The third-order valence-electron chi connectivity index (χ3n) is 5.11. The first-order chi connectivity index (χ1) is 11.9. The fourth-order valence-corrected chi connectivity index (χ4v) is 4.16. The maximum Gasteiger partial charge on any atom is 0.306 e. The van der Waals surface area contributed by atoms with Crippen LogP contribution in [0.5, 0.6) is 0 Å². The number of hydrogen-bond acceptors (Lipinski definition) is 5. The second-order valence-electron chi connectivity index (χ2n) is 6.77. The van der Waals surface area contributed by atoms with E-state index in [0.717, 1.165) is 18.4 Å². The normalized spacial score (nSPS) is 24.1. The summed E-state index contributed by atoms with van der Waals surface area (Å²) in [5, 5.41) is 13.6. The highest BCUT2D eigenvalue weighted by atomic mass is 35.5. The highest BCUT2D eigenvalue weighted by Gasteiger charge is 2.40. The lowest BCUT2D eigenvalue weighted by Crippen LogP contribution is -2.23. The molecule has 25 heavy (non-hydrogen) atoms. The van der Waals surface area contributed by atoms with Crippen LogP contribution < -0.4 is 5.32 Å². The zero-order chi connectivity index (χ0) is 18.0. The number of anilines is 1. The minimum absolute atomic E-state index is 0.0172. The van der Waals surface area contributed by atoms with E-state index < -0.39 is 23.4 Å². The molecule has 0 aliphatic heterocycles. The number of nitro groups is 1. The molecule has 0 aromatic heterocycles. The van der Waals surface area contributed by atoms with Crippen LogP contribution in [-0.2, 0) is 14.3 Å². The van der Waals surface area contributed by atoms with Crippen LogP contribution in [0, 0.1) is 27.9 Å². The summed E-state index contributed by atoms with van der Waals surface area (Å²) in [6.45, 7) is -0.459. The monoisotopic (exact) mass is 366 g/mol. The molecule has 2 saturated carbocycles. The molecule has 3 atom stereocenters. The van der Waals surface area contributed by atoms with Crippen LogP contribution in [0.3, 0.4) is 0 Å². The van der Waals surface area contributed by atoms with Crippen molar-refractivity contribution < 1.29 is 19.2 Å². The molecule has 0 saturated heterocycles. The molecule has 134 valence electrons. The number of benzene rings is 1. The largest absolute Gasteiger partial charge is 0.456 e. The minimum Gasteiger partial charge on any atom is -0.456 e. The summed E-state index contributed by atoms with van der Waals surface area (Å²) in [6, 6.07) is 3.93. The van der Waals surface area contributed by atoms with E-state index in [2.05, 4.69) is 5.32 Å². The van der Waals surface area contributed by atoms with Crippen molar-refractivity contribution in [1.29, 1.82) is 0 Å². The van der Waals surface area contributed by atoms with Gasteiger partial charge in [-0.2, -0.15) is 0 Å². The molecule has 1 N–H and O–H groups in total. The fourth-order valence-electron chi connectivity index (χ4n) is 3.99. The van der Waals surface area contributed by atoms with E-state index in [1.165, 1.54) is 31.4 Å². The first-order valence-electron chi connectivity index (χ1n) is 8.31. The number of amides is 1. The number of carbonyl (C=O) groups is 2. The Morgan fingerprint density at radius 2 is 2.12 bits per heavy atom. The molecule has 0 spiro atoms. The maximum atomic E-state index is 11.9. The summed E-state index contributed by atoms with van der Waals surface area (Å²) in [5.74, 6) is 0.719. The molecule has 1 aromatic carbocycles. The molecule has 0 heterocycles. The quantitative estimate of drug-likeness (QED) is 0.471. The number of carbonyl (C=O) groups excluding carboxylic acids is 2. The van der Waals surface area contributed by atoms with E-state index in [1.807, 2.05) is 0 Å². The predicted octanol–water partition coefficient (Wildman–Crippen LogP) is 3.56. The second-order valence-corrected chi connectivity index (χ2v) is 7.20. The van der Waals surface area contributed by atoms with Gasteiger partial charge in [-0.1, -0.05) is 18.0 Å². The molecule has 1 amide bonds. The maximum absolute atomic E-state index is 11.9. The van der Waals surface area contributed by atoms with Crippen molar-refractivity contribution >= 4 is 34.9 Å². The molecule has 1 aromatic rings. The number of esters is 1. The smallest absolute Gasteiger partial charge is 0.306 e. The van der Waals surface area contributed by atoms with Crippen LogP contribution in [0.2, 0.25) is 5.02 Å². The van der Waals surface area contributed by atoms with Gasteiger partial charge in [0, 0.05) is 17.5 Å². The van der Waals surface area contributed by atoms with Gasteiger partial charge in [0.25, 0.3) is 11.6 Å². The summed E-state index contributed by atoms with van der Waals surface area (Å²) in [5.41, 5.74) is -0.294. The third-order valence-corrected chi connectivity index (χ3v) is 5.34. The van der Waals surface area contributed by atoms with Crippen LogP contribution >= 0.6 is 11.6 Å². The Morgan fingerprint density at radius 1 is 1.32 bits per heavy atom. The topological polar surface area (TPSA) is 98.5 Å². The molecule has 2 fully saturated rings. The minimum atomic E-state index is -0.636. The standard InChI is InChI=1S/C17H19ClN2O5/c18-13-3-4-14(15(8-13)20(23)24)19-16(21)9-25-17(22)7-12-6-10-1-2-11(12)5-10/h3-4,8,10-12H,1-2,5-7,9H2,(H,19,21)/t10-,11+,12+/m0/s1. The van der Waals surface area contributed by atoms with Gasteiger partial charge in [-0.05, 0) is 49.1 Å². The van der Waals surface area contributed by atoms with E-state index in [-0.39, 0.29) is 16.4 Å². The van der Waals surface area contributed by atoms with Crippen molar-refractivity contribution in [3.8, 4) is 0 Å². The molecule has 2 aliphatic rings. The zero-order valence-electron chi connectivity index (χ0n) is 13.6. The van der Waals surface area contributed by atoms with E-state index >= 15 is 0 Å². The SMILES string of the molecule is O=C(COC(=O)C[C@H]1C[C@H]2CC[C@@H]1C2)Nc1ccc(Cl)cc1[N+](=O)[O-]. The zero-order valence-corrected chi connectivity index (χ0v) is 14.3. The lowest BCUT2D eigenvalue weighted by Gasteiger charge is -2.20. The van der Waals surface area contributed by atoms with Crippen molar-refractivity contribution in [1.82, 2.24) is 0 Å². The molecule has 0 radical (unpaired) electrons. The highest BCUT2D eigenvalue weighted by molar-refractivity contribution is 6.31. The first kappa shape index (κ1) is 17.7. The third kappa shape index (κ3) is 4.28. The highest BCUT2D eigenvalue weighted by Crippen LogP contribution is 2.49. The van der Waals surface area contributed by atoms with Crippen LogP contribution in [0.1, 0.15) is 32.1 Å². The van der Waals surface area contributed by atoms with Crippen molar-refractivity contribution in [3.63, 3.8) is 0 Å². The Hall–Kier alpha value is -2.15. The summed E-state index contributed by atoms with van der Waals surface area (Å²) >= 11 is 5.72. The van der Waals surface area contributed by atoms with E-state index in [1.54, 1.807) is 0 Å². The average molecular weight is 367 g/mol. The summed E-state index contributed by atoms with van der Waals surface area (Å²) in [6.07, 6.45) is 5.07. The fraction of sp³-hybridized carbons (Fsp3) is 0.529. The van der Waals surface area contributed by atoms with Crippen LogP contribution in [0.25, 0.3) is 0 Å². The molecule has 7 nitrogen and oxygen atoms in total. The van der Waals surface area contributed by atoms with Crippen LogP contribution in [0.15, 0.2) is 18.2 Å². The summed E-state index contributed by atoms with van der Waals surface area (Å²) in [4.78, 5) is 34.2. The van der Waals surface area contributed by atoms with Crippen molar-refractivity contribution in [2.45, 2.75) is 32.1 Å². The van der Waals surface area contributed by atoms with E-state index in [9.17, 15) is 19.7 Å². The van der Waals surface area contributed by atoms with Gasteiger partial charge >= 0.3 is 5.97 Å². The van der Waals surface area contributed by atoms with Gasteiger partial charge in [0.05, 0.1) is 4.92 Å². The number of rotatable bonds is 6. The predicted molar refractivity (Wildman–Crippen MR) is 91.3 cm³/mol. The Balaban J connectivity index is 1.48. The number of nitro benzene ring substituents is 1. The second kappa shape index (κ2) is 7.39. The number of hydrogen-bond donors (Lipinski definition) is 1. The van der Waals surface area contributed by atoms with Gasteiger partial charge in [-0.3, -0.25) is 19.7 Å². The molecule has 3 rings (SSSR count). The molecule has 2 aliphatic carbocycles. The van der Waals surface area contributed by atoms with Gasteiger partial charge < -0.3 is 10.1 Å². The van der Waals surface area contributed by atoms with Crippen LogP contribution in [0.4, 0.5) is 11.4 Å². The number of fused-ring (bicyclic) bond motifs is 2. The van der Waals surface area contributed by atoms with Crippen LogP contribution in [-0.4, -0.2) is 23.4 Å². The Labute approximate surface area is 149 Å².